The molecule has 0 amide bonds. The predicted molar refractivity (Wildman–Crippen MR) is 50.4 cm³/mol. The van der Waals surface area contributed by atoms with Gasteiger partial charge in [0.1, 0.15) is 12.0 Å². The number of anilines is 1. The molecule has 13 heavy (non-hydrogen) atoms. The molecule has 0 radical (unpaired) electrons. The fourth-order valence-corrected chi connectivity index (χ4v) is 1.18. The number of aromatic nitrogens is 1. The van der Waals surface area contributed by atoms with E-state index in [1.807, 2.05) is 0 Å². The van der Waals surface area contributed by atoms with Crippen molar-refractivity contribution in [3.05, 3.63) is 23.9 Å². The van der Waals surface area contributed by atoms with Crippen LogP contribution in [-0.4, -0.2) is 17.0 Å². The molecule has 6 heteroatoms. The Morgan fingerprint density at radius 2 is 2.62 bits per heavy atom. The normalized spacial score (nSPS) is 10.9. The zero-order valence-corrected chi connectivity index (χ0v) is 7.45. The molecule has 2 N–H and O–H groups in total. The van der Waals surface area contributed by atoms with Crippen molar-refractivity contribution < 1.29 is 9.63 Å². The second-order valence-electron chi connectivity index (χ2n) is 1.94. The van der Waals surface area contributed by atoms with Crippen molar-refractivity contribution in [2.24, 2.45) is 5.16 Å². The Morgan fingerprint density at radius 1 is 1.85 bits per heavy atom. The molecule has 0 aliphatic heterocycles. The number of hydrogen-bond acceptors (Lipinski definition) is 6. The second kappa shape index (κ2) is 4.36. The van der Waals surface area contributed by atoms with Gasteiger partial charge in [0.15, 0.2) is 17.1 Å². The summed E-state index contributed by atoms with van der Waals surface area (Å²) in [5.74, 6) is 0. The number of oxime groups is 1. The van der Waals surface area contributed by atoms with Crippen LogP contribution >= 0.6 is 11.3 Å². The van der Waals surface area contributed by atoms with E-state index in [0.29, 0.717) is 17.1 Å². The first kappa shape index (κ1) is 9.40. The van der Waals surface area contributed by atoms with Crippen LogP contribution in [0, 0.1) is 0 Å². The predicted octanol–water partition coefficient (Wildman–Crippen LogP) is 0.788. The highest BCUT2D eigenvalue weighted by Gasteiger charge is 2.06. The summed E-state index contributed by atoms with van der Waals surface area (Å²) in [6.45, 7) is 3.28. The highest BCUT2D eigenvalue weighted by atomic mass is 32.1. The Kier molecular flexibility index (Phi) is 3.15. The SMILES string of the molecule is C=CON=C(C=O)c1csc(N)n1. The minimum absolute atomic E-state index is 0.0906. The summed E-state index contributed by atoms with van der Waals surface area (Å²) in [7, 11) is 0. The van der Waals surface area contributed by atoms with Gasteiger partial charge in [0.2, 0.25) is 0 Å². The molecule has 0 aliphatic carbocycles. The van der Waals surface area contributed by atoms with Crippen LogP contribution < -0.4 is 5.73 Å². The average Bonchev–Trinajstić information content (AvgIpc) is 2.54. The second-order valence-corrected chi connectivity index (χ2v) is 2.83. The number of nitrogens with two attached hydrogens (primary N) is 1. The number of carbonyl (C=O) groups is 1. The van der Waals surface area contributed by atoms with E-state index < -0.39 is 0 Å². The summed E-state index contributed by atoms with van der Waals surface area (Å²) < 4.78 is 0. The molecular weight excluding hydrogens is 190 g/mol. The van der Waals surface area contributed by atoms with Gasteiger partial charge < -0.3 is 10.6 Å². The van der Waals surface area contributed by atoms with Crippen LogP contribution in [0.2, 0.25) is 0 Å². The highest BCUT2D eigenvalue weighted by molar-refractivity contribution is 7.13. The van der Waals surface area contributed by atoms with Crippen molar-refractivity contribution in [1.29, 1.82) is 0 Å². The molecule has 0 atom stereocenters. The molecule has 5 nitrogen and oxygen atoms in total. The largest absolute Gasteiger partial charge is 0.375 e. The van der Waals surface area contributed by atoms with Gasteiger partial charge in [0.05, 0.1) is 0 Å². The van der Waals surface area contributed by atoms with Gasteiger partial charge in [0, 0.05) is 5.38 Å². The smallest absolute Gasteiger partial charge is 0.180 e. The van der Waals surface area contributed by atoms with Crippen molar-refractivity contribution in [3.8, 4) is 0 Å². The van der Waals surface area contributed by atoms with E-state index in [4.69, 9.17) is 5.73 Å². The van der Waals surface area contributed by atoms with E-state index in [9.17, 15) is 4.79 Å². The Morgan fingerprint density at radius 3 is 3.08 bits per heavy atom. The van der Waals surface area contributed by atoms with Gasteiger partial charge in [-0.2, -0.15) is 0 Å². The first-order valence-electron chi connectivity index (χ1n) is 3.29. The Bertz CT molecular complexity index is 345. The molecule has 1 aromatic heterocycles. The Balaban J connectivity index is 2.89. The van der Waals surface area contributed by atoms with Crippen LogP contribution in [0.1, 0.15) is 5.69 Å². The standard InChI is InChI=1S/C7H7N3O2S/c1-2-12-10-5(3-11)6-4-13-7(8)9-6/h2-4H,1H2,(H2,8,9). The van der Waals surface area contributed by atoms with Crippen LogP contribution in [0.5, 0.6) is 0 Å². The van der Waals surface area contributed by atoms with Gasteiger partial charge in [0.25, 0.3) is 0 Å². The molecule has 0 saturated carbocycles. The van der Waals surface area contributed by atoms with Crippen LogP contribution in [0.4, 0.5) is 5.13 Å². The van der Waals surface area contributed by atoms with Crippen LogP contribution in [-0.2, 0) is 9.63 Å². The number of nitrogens with zero attached hydrogens (tertiary/aromatic N) is 2. The number of carbonyl (C=O) groups excluding carboxylic acids is 1. The van der Waals surface area contributed by atoms with E-state index in [1.54, 1.807) is 5.38 Å². The third kappa shape index (κ3) is 2.38. The summed E-state index contributed by atoms with van der Waals surface area (Å²) in [5, 5.41) is 5.46. The van der Waals surface area contributed by atoms with Gasteiger partial charge in [-0.1, -0.05) is 11.7 Å². The number of aldehydes is 1. The molecule has 0 aliphatic rings. The lowest BCUT2D eigenvalue weighted by atomic mass is 10.3. The van der Waals surface area contributed by atoms with Crippen molar-refractivity contribution in [1.82, 2.24) is 4.98 Å². The quantitative estimate of drug-likeness (QED) is 0.335. The minimum atomic E-state index is 0.0906. The molecule has 1 heterocycles. The van der Waals surface area contributed by atoms with E-state index in [0.717, 1.165) is 6.26 Å². The molecule has 0 fully saturated rings. The minimum Gasteiger partial charge on any atom is -0.375 e. The van der Waals surface area contributed by atoms with Gasteiger partial charge in [-0.3, -0.25) is 4.79 Å². The zero-order chi connectivity index (χ0) is 9.68. The van der Waals surface area contributed by atoms with Crippen molar-refractivity contribution in [2.45, 2.75) is 0 Å². The van der Waals surface area contributed by atoms with Gasteiger partial charge in [-0.25, -0.2) is 4.98 Å². The lowest BCUT2D eigenvalue weighted by Crippen LogP contribution is -2.03. The monoisotopic (exact) mass is 197 g/mol. The summed E-state index contributed by atoms with van der Waals surface area (Å²) >= 11 is 1.23. The Labute approximate surface area is 78.5 Å². The highest BCUT2D eigenvalue weighted by Crippen LogP contribution is 2.11. The average molecular weight is 197 g/mol. The summed E-state index contributed by atoms with van der Waals surface area (Å²) in [6, 6.07) is 0. The lowest BCUT2D eigenvalue weighted by molar-refractivity contribution is -0.102. The van der Waals surface area contributed by atoms with Crippen LogP contribution in [0.15, 0.2) is 23.4 Å². The van der Waals surface area contributed by atoms with Crippen molar-refractivity contribution in [3.63, 3.8) is 0 Å². The third-order valence-corrected chi connectivity index (χ3v) is 1.80. The number of hydrogen-bond donors (Lipinski definition) is 1. The number of rotatable bonds is 4. The van der Waals surface area contributed by atoms with E-state index in [1.165, 1.54) is 11.3 Å². The molecule has 0 aromatic carbocycles. The number of thiazole rings is 1. The molecule has 1 rings (SSSR count). The maximum Gasteiger partial charge on any atom is 0.180 e. The number of nitrogen functional groups attached to an aromatic ring is 1. The van der Waals surface area contributed by atoms with E-state index >= 15 is 0 Å². The molecule has 0 saturated heterocycles. The van der Waals surface area contributed by atoms with Crippen molar-refractivity contribution in [2.75, 3.05) is 5.73 Å². The summed E-state index contributed by atoms with van der Waals surface area (Å²) in [4.78, 5) is 18.8. The zero-order valence-electron chi connectivity index (χ0n) is 6.64. The topological polar surface area (TPSA) is 77.6 Å². The van der Waals surface area contributed by atoms with Gasteiger partial charge in [-0.15, -0.1) is 11.3 Å². The van der Waals surface area contributed by atoms with Gasteiger partial charge >= 0.3 is 0 Å². The maximum atomic E-state index is 10.5. The van der Waals surface area contributed by atoms with E-state index in [-0.39, 0.29) is 5.71 Å². The lowest BCUT2D eigenvalue weighted by Gasteiger charge is -1.91. The van der Waals surface area contributed by atoms with Crippen molar-refractivity contribution >= 4 is 28.5 Å². The fourth-order valence-electron chi connectivity index (χ4n) is 0.628. The maximum absolute atomic E-state index is 10.5. The van der Waals surface area contributed by atoms with Crippen LogP contribution in [0.3, 0.4) is 0 Å². The summed E-state index contributed by atoms with van der Waals surface area (Å²) in [5.41, 5.74) is 5.87. The molecule has 0 bridgehead atoms. The summed E-state index contributed by atoms with van der Waals surface area (Å²) in [6.07, 6.45) is 1.65. The third-order valence-electron chi connectivity index (χ3n) is 1.12. The van der Waals surface area contributed by atoms with Crippen LogP contribution in [0.25, 0.3) is 0 Å². The molecule has 0 unspecified atom stereocenters. The van der Waals surface area contributed by atoms with Gasteiger partial charge in [-0.05, 0) is 0 Å². The Hall–Kier alpha value is -1.69. The molecule has 1 aromatic rings. The van der Waals surface area contributed by atoms with E-state index in [2.05, 4.69) is 21.6 Å². The molecule has 68 valence electrons. The fraction of sp³-hybridized carbons (Fsp3) is 0. The molecular formula is C7H7N3O2S. The first-order valence-corrected chi connectivity index (χ1v) is 4.17. The molecule has 0 spiro atoms. The first-order chi connectivity index (χ1) is 6.27.